The zero-order valence-corrected chi connectivity index (χ0v) is 12.3. The minimum atomic E-state index is -0.935. The number of carboxylic acid groups (broad SMARTS) is 1. The number of allylic oxidation sites excluding steroid dienone is 1. The van der Waals surface area contributed by atoms with Crippen molar-refractivity contribution in [2.24, 2.45) is 0 Å². The molecule has 0 aliphatic carbocycles. The van der Waals surface area contributed by atoms with Crippen LogP contribution in [0.1, 0.15) is 42.0 Å². The maximum Gasteiger partial charge on any atom is 1.00 e. The van der Waals surface area contributed by atoms with E-state index in [-0.39, 0.29) is 36.6 Å². The van der Waals surface area contributed by atoms with E-state index in [0.29, 0.717) is 0 Å². The van der Waals surface area contributed by atoms with Crippen LogP contribution in [0, 0.1) is 0 Å². The second kappa shape index (κ2) is 23.1. The summed E-state index contributed by atoms with van der Waals surface area (Å²) < 4.78 is 0. The molecule has 0 unspecified atom stereocenters. The fraction of sp³-hybridized carbons (Fsp3) is 0.545. The molecule has 2 nitrogen and oxygen atoms in total. The molecule has 0 bridgehead atoms. The topological polar surface area (TPSA) is 37.3 Å². The Hall–Kier alpha value is -0.0500. The van der Waals surface area contributed by atoms with E-state index in [1.807, 2.05) is 6.92 Å². The molecule has 80 valence electrons. The molecule has 0 aromatic rings. The first-order valence-electron chi connectivity index (χ1n) is 4.43. The van der Waals surface area contributed by atoms with E-state index in [2.05, 4.69) is 27.0 Å². The molecule has 0 atom stereocenters. The molecule has 0 saturated heterocycles. The van der Waals surface area contributed by atoms with Crippen LogP contribution in [0.25, 0.3) is 0 Å². The largest absolute Gasteiger partial charge is 1.00 e. The molecule has 0 rings (SSSR count). The van der Waals surface area contributed by atoms with Crippen LogP contribution in [0.5, 0.6) is 0 Å². The van der Waals surface area contributed by atoms with Crippen molar-refractivity contribution < 1.29 is 40.9 Å². The maximum atomic E-state index is 9.60. The van der Waals surface area contributed by atoms with Gasteiger partial charge in [0.2, 0.25) is 0 Å². The van der Waals surface area contributed by atoms with Gasteiger partial charge in [0.25, 0.3) is 0 Å². The fourth-order valence-electron chi connectivity index (χ4n) is 0. The van der Waals surface area contributed by atoms with Crippen LogP contribution < -0.4 is 29.6 Å². The average Bonchev–Trinajstić information content (AvgIpc) is 2.06. The van der Waals surface area contributed by atoms with Crippen LogP contribution in [-0.4, -0.2) is 11.1 Å². The first-order chi connectivity index (χ1) is 5.97. The van der Waals surface area contributed by atoms with Crippen LogP contribution >= 0.6 is 0 Å². The van der Waals surface area contributed by atoms with Crippen LogP contribution in [0.3, 0.4) is 0 Å². The van der Waals surface area contributed by atoms with Crippen molar-refractivity contribution in [2.45, 2.75) is 40.5 Å². The molecule has 0 fully saturated rings. The number of aliphatic carboxylic acids is 1. The maximum absolute atomic E-state index is 9.60. The number of hydrogen-bond donors (Lipinski definition) is 1. The molecule has 0 radical (unpaired) electrons. The normalized spacial score (nSPS) is 6.29. The number of carbonyl (C=O) groups is 1. The fourth-order valence-corrected chi connectivity index (χ4v) is 0. The van der Waals surface area contributed by atoms with E-state index in [9.17, 15) is 4.79 Å². The predicted octanol–water partition coefficient (Wildman–Crippen LogP) is 0.762. The van der Waals surface area contributed by atoms with Crippen molar-refractivity contribution in [3.8, 4) is 0 Å². The molecule has 3 heteroatoms. The van der Waals surface area contributed by atoms with Crippen molar-refractivity contribution in [1.29, 1.82) is 0 Å². The van der Waals surface area contributed by atoms with Gasteiger partial charge in [0, 0.05) is 5.57 Å². The quantitative estimate of drug-likeness (QED) is 0.415. The molecule has 0 heterocycles. The van der Waals surface area contributed by atoms with E-state index >= 15 is 0 Å². The summed E-state index contributed by atoms with van der Waals surface area (Å²) in [4.78, 5) is 9.60. The summed E-state index contributed by atoms with van der Waals surface area (Å²) in [7, 11) is 0. The molecule has 14 heavy (non-hydrogen) atoms. The Balaban J connectivity index is -0.0000000332. The SMILES string of the molecule is C=C(C)C(=O)O.C=CC.CCCC.[H-].[Na+]. The van der Waals surface area contributed by atoms with Gasteiger partial charge >= 0.3 is 35.5 Å². The van der Waals surface area contributed by atoms with Gasteiger partial charge in [0.05, 0.1) is 0 Å². The number of hydrogen-bond acceptors (Lipinski definition) is 1. The van der Waals surface area contributed by atoms with Crippen LogP contribution in [-0.2, 0) is 4.79 Å². The third-order valence-corrected chi connectivity index (χ3v) is 0.865. The van der Waals surface area contributed by atoms with E-state index in [4.69, 9.17) is 5.11 Å². The molecular formula is C11H23NaO2. The molecule has 0 aromatic heterocycles. The van der Waals surface area contributed by atoms with Crippen LogP contribution in [0.4, 0.5) is 0 Å². The van der Waals surface area contributed by atoms with Gasteiger partial charge in [0.1, 0.15) is 0 Å². The number of unbranched alkanes of at least 4 members (excludes halogenated alkanes) is 1. The van der Waals surface area contributed by atoms with E-state index in [1.165, 1.54) is 19.8 Å². The number of rotatable bonds is 2. The Morgan fingerprint density at radius 1 is 1.43 bits per heavy atom. The molecule has 0 aliphatic rings. The van der Waals surface area contributed by atoms with Gasteiger partial charge in [-0.15, -0.1) is 6.58 Å². The van der Waals surface area contributed by atoms with Crippen LogP contribution in [0.2, 0.25) is 0 Å². The molecular weight excluding hydrogens is 187 g/mol. The third-order valence-electron chi connectivity index (χ3n) is 0.865. The second-order valence-corrected chi connectivity index (χ2v) is 2.49. The Bertz CT molecular complexity index is 134. The molecule has 0 aliphatic heterocycles. The smallest absolute Gasteiger partial charge is 1.00 e. The summed E-state index contributed by atoms with van der Waals surface area (Å²) in [5, 5.41) is 7.89. The summed E-state index contributed by atoms with van der Waals surface area (Å²) in [6.07, 6.45) is 4.39. The first-order valence-corrected chi connectivity index (χ1v) is 4.43. The predicted molar refractivity (Wildman–Crippen MR) is 60.0 cm³/mol. The number of carboxylic acids is 1. The van der Waals surface area contributed by atoms with Gasteiger partial charge in [-0.25, -0.2) is 4.79 Å². The van der Waals surface area contributed by atoms with E-state index in [0.717, 1.165) is 0 Å². The van der Waals surface area contributed by atoms with Crippen molar-refractivity contribution in [3.63, 3.8) is 0 Å². The van der Waals surface area contributed by atoms with Crippen molar-refractivity contribution in [1.82, 2.24) is 0 Å². The zero-order chi connectivity index (χ0) is 11.3. The third kappa shape index (κ3) is 58.5. The van der Waals surface area contributed by atoms with Crippen molar-refractivity contribution in [2.75, 3.05) is 0 Å². The summed E-state index contributed by atoms with van der Waals surface area (Å²) in [5.74, 6) is -0.935. The molecule has 0 saturated carbocycles. The minimum Gasteiger partial charge on any atom is -1.00 e. The monoisotopic (exact) mass is 210 g/mol. The van der Waals surface area contributed by atoms with Gasteiger partial charge < -0.3 is 6.53 Å². The minimum absolute atomic E-state index is 0. The second-order valence-electron chi connectivity index (χ2n) is 2.49. The Kier molecular flexibility index (Phi) is 39.0. The Morgan fingerprint density at radius 3 is 1.57 bits per heavy atom. The average molecular weight is 210 g/mol. The zero-order valence-electron chi connectivity index (χ0n) is 11.3. The summed E-state index contributed by atoms with van der Waals surface area (Å²) >= 11 is 0. The molecule has 0 aromatic carbocycles. The van der Waals surface area contributed by atoms with Gasteiger partial charge in [-0.05, 0) is 13.8 Å². The first kappa shape index (κ1) is 23.6. The Morgan fingerprint density at radius 2 is 1.57 bits per heavy atom. The van der Waals surface area contributed by atoms with Crippen LogP contribution in [0.15, 0.2) is 24.8 Å². The summed E-state index contributed by atoms with van der Waals surface area (Å²) in [5.41, 5.74) is 0.176. The van der Waals surface area contributed by atoms with Gasteiger partial charge in [-0.1, -0.05) is 39.3 Å². The van der Waals surface area contributed by atoms with E-state index < -0.39 is 5.97 Å². The van der Waals surface area contributed by atoms with Crippen molar-refractivity contribution in [3.05, 3.63) is 24.8 Å². The molecule has 0 spiro atoms. The van der Waals surface area contributed by atoms with Gasteiger partial charge in [-0.3, -0.25) is 0 Å². The summed E-state index contributed by atoms with van der Waals surface area (Å²) in [6.45, 7) is 14.2. The molecule has 0 amide bonds. The van der Waals surface area contributed by atoms with Crippen molar-refractivity contribution >= 4 is 5.97 Å². The standard InChI is InChI=1S/C4H6O2.C4H10.C3H6.Na.H/c1-3(2)4(5)6;1-3-4-2;1-3-2;;/h1H2,2H3,(H,5,6);3-4H2,1-2H3;3H,1H2,2H3;;/q;;;+1;-1. The van der Waals surface area contributed by atoms with Gasteiger partial charge in [0.15, 0.2) is 0 Å². The van der Waals surface area contributed by atoms with E-state index in [1.54, 1.807) is 6.08 Å². The Labute approximate surface area is 112 Å². The van der Waals surface area contributed by atoms with Gasteiger partial charge in [-0.2, -0.15) is 0 Å². The molecule has 1 N–H and O–H groups in total. The summed E-state index contributed by atoms with van der Waals surface area (Å²) in [6, 6.07) is 0.